The van der Waals surface area contributed by atoms with Crippen molar-refractivity contribution in [3.8, 4) is 0 Å². The van der Waals surface area contributed by atoms with E-state index in [0.29, 0.717) is 12.0 Å². The topological polar surface area (TPSA) is 32.3 Å². The average molecular weight is 379 g/mol. The van der Waals surface area contributed by atoms with Crippen LogP contribution in [0, 0.1) is 5.92 Å². The third kappa shape index (κ3) is 4.06. The van der Waals surface area contributed by atoms with Crippen LogP contribution >= 0.6 is 11.8 Å². The third-order valence-electron chi connectivity index (χ3n) is 5.52. The molecule has 2 aliphatic rings. The molecule has 2 aromatic carbocycles. The lowest BCUT2D eigenvalue weighted by molar-refractivity contribution is -0.129. The minimum atomic E-state index is -0.0552. The lowest BCUT2D eigenvalue weighted by Gasteiger charge is -2.39. The van der Waals surface area contributed by atoms with Gasteiger partial charge in [0.15, 0.2) is 5.50 Å². The number of benzene rings is 2. The molecule has 1 unspecified atom stereocenters. The summed E-state index contributed by atoms with van der Waals surface area (Å²) in [6.45, 7) is 2.29. The fraction of sp³-hybridized carbons (Fsp3) is 0.348. The summed E-state index contributed by atoms with van der Waals surface area (Å²) >= 11 is 1.64. The van der Waals surface area contributed by atoms with Gasteiger partial charge in [0.1, 0.15) is 0 Å². The lowest BCUT2D eigenvalue weighted by Crippen LogP contribution is -2.48. The van der Waals surface area contributed by atoms with Crippen LogP contribution in [-0.4, -0.2) is 22.3 Å². The second kappa shape index (κ2) is 8.22. The van der Waals surface area contributed by atoms with Gasteiger partial charge in [0.25, 0.3) is 5.91 Å². The predicted octanol–water partition coefficient (Wildman–Crippen LogP) is 5.58. The van der Waals surface area contributed by atoms with E-state index in [9.17, 15) is 4.79 Å². The van der Waals surface area contributed by atoms with Gasteiger partial charge in [-0.3, -0.25) is 4.79 Å². The smallest absolute Gasteiger partial charge is 0.262 e. The van der Waals surface area contributed by atoms with Crippen LogP contribution in [0.2, 0.25) is 0 Å². The number of carbonyl (C=O) groups excluding carboxylic acids is 1. The van der Waals surface area contributed by atoms with Gasteiger partial charge in [-0.15, -0.1) is 0 Å². The zero-order valence-electron chi connectivity index (χ0n) is 15.7. The summed E-state index contributed by atoms with van der Waals surface area (Å²) in [6.07, 6.45) is 6.81. The van der Waals surface area contributed by atoms with Crippen LogP contribution in [0.1, 0.15) is 38.2 Å². The molecule has 1 heterocycles. The number of carbonyl (C=O) groups is 1. The van der Waals surface area contributed by atoms with Crippen LogP contribution in [0.15, 0.2) is 65.6 Å². The first-order valence-corrected chi connectivity index (χ1v) is 10.7. The molecule has 1 saturated heterocycles. The maximum absolute atomic E-state index is 13.4. The van der Waals surface area contributed by atoms with Crippen molar-refractivity contribution in [3.05, 3.63) is 71.1 Å². The van der Waals surface area contributed by atoms with Gasteiger partial charge in [-0.25, -0.2) is 0 Å². The Kier molecular flexibility index (Phi) is 5.53. The van der Waals surface area contributed by atoms with E-state index in [1.54, 1.807) is 11.8 Å². The number of rotatable bonds is 4. The van der Waals surface area contributed by atoms with Gasteiger partial charge in [0.2, 0.25) is 0 Å². The average Bonchev–Trinajstić information content (AvgIpc) is 2.99. The zero-order chi connectivity index (χ0) is 18.6. The molecule has 0 aromatic heterocycles. The molecule has 1 amide bonds. The van der Waals surface area contributed by atoms with Crippen molar-refractivity contribution in [1.82, 2.24) is 4.90 Å². The van der Waals surface area contributed by atoms with E-state index >= 15 is 0 Å². The standard InChI is InChI=1S/C23H26N2OS/c1-17-10-8-9-15-20(17)25-22(26)21(16-18-11-4-2-5-12-18)27-23(25)24-19-13-6-3-7-14-19/h2-7,11-14,16-17,20,23-24H,8-10,15H2,1H3/b21-16-/t17-,20-,23?/m0/s1. The van der Waals surface area contributed by atoms with Gasteiger partial charge in [0, 0.05) is 11.7 Å². The second-order valence-electron chi connectivity index (χ2n) is 7.44. The van der Waals surface area contributed by atoms with Gasteiger partial charge < -0.3 is 10.2 Å². The first-order valence-electron chi connectivity index (χ1n) is 9.80. The van der Waals surface area contributed by atoms with Crippen molar-refractivity contribution in [2.75, 3.05) is 5.32 Å². The maximum Gasteiger partial charge on any atom is 0.262 e. The number of thioether (sulfide) groups is 1. The quantitative estimate of drug-likeness (QED) is 0.705. The molecule has 140 valence electrons. The van der Waals surface area contributed by atoms with Crippen molar-refractivity contribution in [3.63, 3.8) is 0 Å². The number of hydrogen-bond acceptors (Lipinski definition) is 3. The molecule has 3 nitrogen and oxygen atoms in total. The Morgan fingerprint density at radius 1 is 1.00 bits per heavy atom. The molecule has 0 bridgehead atoms. The number of para-hydroxylation sites is 1. The van der Waals surface area contributed by atoms with E-state index in [1.165, 1.54) is 19.3 Å². The Labute approximate surface area is 165 Å². The van der Waals surface area contributed by atoms with Crippen LogP contribution in [0.5, 0.6) is 0 Å². The van der Waals surface area contributed by atoms with Crippen LogP contribution in [0.25, 0.3) is 6.08 Å². The Bertz CT molecular complexity index is 806. The summed E-state index contributed by atoms with van der Waals surface area (Å²) in [4.78, 5) is 16.3. The first kappa shape index (κ1) is 18.2. The van der Waals surface area contributed by atoms with Crippen molar-refractivity contribution >= 4 is 29.4 Å². The van der Waals surface area contributed by atoms with E-state index in [-0.39, 0.29) is 11.4 Å². The van der Waals surface area contributed by atoms with Gasteiger partial charge in [0.05, 0.1) is 4.91 Å². The predicted molar refractivity (Wildman–Crippen MR) is 114 cm³/mol. The van der Waals surface area contributed by atoms with Crippen LogP contribution in [-0.2, 0) is 4.79 Å². The highest BCUT2D eigenvalue weighted by Gasteiger charge is 2.42. The molecule has 3 atom stereocenters. The molecular formula is C23H26N2OS. The SMILES string of the molecule is C[C@H]1CCCC[C@@H]1N1C(=O)/C(=C/c2ccccc2)SC1Nc1ccccc1. The fourth-order valence-electron chi connectivity index (χ4n) is 4.07. The summed E-state index contributed by atoms with van der Waals surface area (Å²) in [7, 11) is 0. The Hall–Kier alpha value is -2.20. The highest BCUT2D eigenvalue weighted by molar-refractivity contribution is 8.05. The Balaban J connectivity index is 1.64. The van der Waals surface area contributed by atoms with Crippen molar-refractivity contribution in [2.45, 2.75) is 44.1 Å². The Morgan fingerprint density at radius 2 is 1.67 bits per heavy atom. The van der Waals surface area contributed by atoms with Gasteiger partial charge in [-0.2, -0.15) is 0 Å². The highest BCUT2D eigenvalue weighted by atomic mass is 32.2. The van der Waals surface area contributed by atoms with E-state index in [4.69, 9.17) is 0 Å². The maximum atomic E-state index is 13.4. The number of amides is 1. The third-order valence-corrected chi connectivity index (χ3v) is 6.64. The molecule has 1 aliphatic heterocycles. The largest absolute Gasteiger partial charge is 0.356 e. The van der Waals surface area contributed by atoms with E-state index < -0.39 is 0 Å². The number of anilines is 1. The summed E-state index contributed by atoms with van der Waals surface area (Å²) in [5.74, 6) is 0.704. The first-order chi connectivity index (χ1) is 13.2. The van der Waals surface area contributed by atoms with Crippen molar-refractivity contribution in [2.24, 2.45) is 5.92 Å². The highest BCUT2D eigenvalue weighted by Crippen LogP contribution is 2.42. The fourth-order valence-corrected chi connectivity index (χ4v) is 5.28. The molecule has 2 aromatic rings. The van der Waals surface area contributed by atoms with E-state index in [1.807, 2.05) is 54.6 Å². The molecule has 2 fully saturated rings. The second-order valence-corrected chi connectivity index (χ2v) is 8.56. The zero-order valence-corrected chi connectivity index (χ0v) is 16.5. The molecule has 1 N–H and O–H groups in total. The molecule has 4 rings (SSSR count). The summed E-state index contributed by atoms with van der Waals surface area (Å²) in [6, 6.07) is 20.6. The van der Waals surface area contributed by atoms with E-state index in [0.717, 1.165) is 22.6 Å². The van der Waals surface area contributed by atoms with Crippen molar-refractivity contribution < 1.29 is 4.79 Å². The molecular weight excluding hydrogens is 352 g/mol. The molecule has 27 heavy (non-hydrogen) atoms. The van der Waals surface area contributed by atoms with Crippen LogP contribution < -0.4 is 5.32 Å². The summed E-state index contributed by atoms with van der Waals surface area (Å²) in [5.41, 5.74) is 2.07. The van der Waals surface area contributed by atoms with Crippen LogP contribution in [0.4, 0.5) is 5.69 Å². The number of nitrogens with one attached hydrogen (secondary N) is 1. The van der Waals surface area contributed by atoms with E-state index in [2.05, 4.69) is 29.3 Å². The molecule has 0 spiro atoms. The number of hydrogen-bond donors (Lipinski definition) is 1. The summed E-state index contributed by atoms with van der Waals surface area (Å²) < 4.78 is 0. The van der Waals surface area contributed by atoms with Gasteiger partial charge in [-0.1, -0.05) is 80.1 Å². The normalized spacial score (nSPS) is 27.1. The van der Waals surface area contributed by atoms with Gasteiger partial charge >= 0.3 is 0 Å². The minimum Gasteiger partial charge on any atom is -0.356 e. The molecule has 0 radical (unpaired) electrons. The summed E-state index contributed by atoms with van der Waals surface area (Å²) in [5, 5.41) is 3.58. The van der Waals surface area contributed by atoms with Gasteiger partial charge in [-0.05, 0) is 42.5 Å². The molecule has 4 heteroatoms. The molecule has 1 saturated carbocycles. The molecule has 1 aliphatic carbocycles. The monoisotopic (exact) mass is 378 g/mol. The number of nitrogens with zero attached hydrogens (tertiary/aromatic N) is 1. The Morgan fingerprint density at radius 3 is 2.37 bits per heavy atom. The van der Waals surface area contributed by atoms with Crippen molar-refractivity contribution in [1.29, 1.82) is 0 Å². The minimum absolute atomic E-state index is 0.0552. The lowest BCUT2D eigenvalue weighted by atomic mass is 9.85. The van der Waals surface area contributed by atoms with Crippen LogP contribution in [0.3, 0.4) is 0 Å².